The minimum Gasteiger partial charge on any atom is -0.382 e. The standard InChI is InChI=1S/C14H22N4O/c1-14(19-2)6-4-8-18(10-14)9-11-5-3-7-17-12(11)13(15)16/h3,5,7H,4,6,8-10H2,1-2H3,(H3,15,16). The molecule has 1 unspecified atom stereocenters. The highest BCUT2D eigenvalue weighted by atomic mass is 16.5. The second kappa shape index (κ2) is 5.67. The predicted octanol–water partition coefficient (Wildman–Crippen LogP) is 1.37. The van der Waals surface area contributed by atoms with Crippen molar-refractivity contribution in [3.8, 4) is 0 Å². The van der Waals surface area contributed by atoms with Crippen LogP contribution in [0.5, 0.6) is 0 Å². The summed E-state index contributed by atoms with van der Waals surface area (Å²) in [5.41, 5.74) is 7.10. The van der Waals surface area contributed by atoms with E-state index < -0.39 is 0 Å². The highest BCUT2D eigenvalue weighted by molar-refractivity contribution is 5.94. The summed E-state index contributed by atoms with van der Waals surface area (Å²) < 4.78 is 5.60. The Morgan fingerprint density at radius 1 is 1.63 bits per heavy atom. The number of methoxy groups -OCH3 is 1. The van der Waals surface area contributed by atoms with Crippen molar-refractivity contribution in [2.45, 2.75) is 31.9 Å². The van der Waals surface area contributed by atoms with Crippen LogP contribution in [-0.2, 0) is 11.3 Å². The number of amidine groups is 1. The second-order valence-electron chi connectivity index (χ2n) is 5.39. The van der Waals surface area contributed by atoms with Gasteiger partial charge >= 0.3 is 0 Å². The lowest BCUT2D eigenvalue weighted by Crippen LogP contribution is -2.47. The molecule has 1 aromatic heterocycles. The Hall–Kier alpha value is -1.46. The normalized spacial score (nSPS) is 24.3. The van der Waals surface area contributed by atoms with Gasteiger partial charge in [0.1, 0.15) is 11.5 Å². The third-order valence-corrected chi connectivity index (χ3v) is 3.77. The van der Waals surface area contributed by atoms with Crippen LogP contribution in [0.15, 0.2) is 18.3 Å². The van der Waals surface area contributed by atoms with Gasteiger partial charge in [0.2, 0.25) is 0 Å². The number of ether oxygens (including phenoxy) is 1. The molecule has 1 saturated heterocycles. The fourth-order valence-corrected chi connectivity index (χ4v) is 2.66. The highest BCUT2D eigenvalue weighted by Gasteiger charge is 2.30. The average Bonchev–Trinajstić information content (AvgIpc) is 2.39. The smallest absolute Gasteiger partial charge is 0.142 e. The van der Waals surface area contributed by atoms with E-state index in [1.165, 1.54) is 0 Å². The molecule has 0 spiro atoms. The third kappa shape index (κ3) is 3.30. The number of likely N-dealkylation sites (tertiary alicyclic amines) is 1. The number of piperidine rings is 1. The van der Waals surface area contributed by atoms with Crippen molar-refractivity contribution in [3.05, 3.63) is 29.6 Å². The molecule has 1 atom stereocenters. The summed E-state index contributed by atoms with van der Waals surface area (Å²) in [6.07, 6.45) is 3.89. The van der Waals surface area contributed by atoms with E-state index in [-0.39, 0.29) is 11.4 Å². The van der Waals surface area contributed by atoms with Gasteiger partial charge in [0.15, 0.2) is 0 Å². The number of hydrogen-bond donors (Lipinski definition) is 2. The summed E-state index contributed by atoms with van der Waals surface area (Å²) in [5, 5.41) is 7.58. The van der Waals surface area contributed by atoms with Gasteiger partial charge in [0.25, 0.3) is 0 Å². The zero-order valence-electron chi connectivity index (χ0n) is 11.6. The molecule has 1 aliphatic rings. The van der Waals surface area contributed by atoms with Gasteiger partial charge in [0, 0.05) is 26.4 Å². The number of pyridine rings is 1. The van der Waals surface area contributed by atoms with E-state index in [1.54, 1.807) is 13.3 Å². The van der Waals surface area contributed by atoms with E-state index >= 15 is 0 Å². The molecule has 0 amide bonds. The molecule has 3 N–H and O–H groups in total. The quantitative estimate of drug-likeness (QED) is 0.634. The van der Waals surface area contributed by atoms with E-state index in [0.717, 1.165) is 38.0 Å². The van der Waals surface area contributed by atoms with Crippen molar-refractivity contribution < 1.29 is 4.74 Å². The molecule has 1 aromatic rings. The average molecular weight is 262 g/mol. The maximum atomic E-state index is 7.58. The fraction of sp³-hybridized carbons (Fsp3) is 0.571. The Labute approximate surface area is 114 Å². The highest BCUT2D eigenvalue weighted by Crippen LogP contribution is 2.25. The molecular weight excluding hydrogens is 240 g/mol. The molecule has 5 nitrogen and oxygen atoms in total. The monoisotopic (exact) mass is 262 g/mol. The number of aromatic nitrogens is 1. The molecule has 5 heteroatoms. The van der Waals surface area contributed by atoms with Gasteiger partial charge in [-0.1, -0.05) is 6.07 Å². The molecule has 2 heterocycles. The first kappa shape index (κ1) is 14.0. The minimum atomic E-state index is -0.0726. The number of nitrogens with one attached hydrogen (secondary N) is 1. The van der Waals surface area contributed by atoms with Gasteiger partial charge in [-0.05, 0) is 37.9 Å². The Morgan fingerprint density at radius 2 is 2.42 bits per heavy atom. The van der Waals surface area contributed by atoms with Gasteiger partial charge in [-0.15, -0.1) is 0 Å². The van der Waals surface area contributed by atoms with E-state index in [4.69, 9.17) is 15.9 Å². The molecule has 1 aliphatic heterocycles. The van der Waals surface area contributed by atoms with Crippen LogP contribution in [0.1, 0.15) is 31.0 Å². The maximum Gasteiger partial charge on any atom is 0.142 e. The van der Waals surface area contributed by atoms with Crippen LogP contribution in [0.25, 0.3) is 0 Å². The Kier molecular flexibility index (Phi) is 4.17. The second-order valence-corrected chi connectivity index (χ2v) is 5.39. The lowest BCUT2D eigenvalue weighted by Gasteiger charge is -2.39. The third-order valence-electron chi connectivity index (χ3n) is 3.77. The topological polar surface area (TPSA) is 75.2 Å². The van der Waals surface area contributed by atoms with Gasteiger partial charge < -0.3 is 10.5 Å². The number of nitrogens with two attached hydrogens (primary N) is 1. The lowest BCUT2D eigenvalue weighted by molar-refractivity contribution is -0.0527. The first-order chi connectivity index (χ1) is 9.04. The van der Waals surface area contributed by atoms with Gasteiger partial charge in [-0.3, -0.25) is 15.3 Å². The largest absolute Gasteiger partial charge is 0.382 e. The molecule has 19 heavy (non-hydrogen) atoms. The van der Waals surface area contributed by atoms with Crippen molar-refractivity contribution in [3.63, 3.8) is 0 Å². The Balaban J connectivity index is 2.11. The number of rotatable bonds is 4. The van der Waals surface area contributed by atoms with E-state index in [0.29, 0.717) is 5.69 Å². The van der Waals surface area contributed by atoms with Crippen LogP contribution < -0.4 is 5.73 Å². The van der Waals surface area contributed by atoms with Crippen LogP contribution in [0.4, 0.5) is 0 Å². The molecule has 0 aliphatic carbocycles. The fourth-order valence-electron chi connectivity index (χ4n) is 2.66. The van der Waals surface area contributed by atoms with Gasteiger partial charge in [-0.2, -0.15) is 0 Å². The van der Waals surface area contributed by atoms with Crippen LogP contribution in [0, 0.1) is 5.41 Å². The number of nitrogen functional groups attached to an aromatic ring is 1. The van der Waals surface area contributed by atoms with Crippen LogP contribution in [-0.4, -0.2) is 41.5 Å². The molecule has 0 bridgehead atoms. The van der Waals surface area contributed by atoms with Gasteiger partial charge in [0.05, 0.1) is 5.60 Å². The van der Waals surface area contributed by atoms with E-state index in [2.05, 4.69) is 16.8 Å². The van der Waals surface area contributed by atoms with Crippen LogP contribution in [0.3, 0.4) is 0 Å². The summed E-state index contributed by atoms with van der Waals surface area (Å²) in [6.45, 7) is 4.86. The van der Waals surface area contributed by atoms with E-state index in [1.807, 2.05) is 12.1 Å². The molecule has 1 fully saturated rings. The summed E-state index contributed by atoms with van der Waals surface area (Å²) in [7, 11) is 1.77. The zero-order chi connectivity index (χ0) is 13.9. The summed E-state index contributed by atoms with van der Waals surface area (Å²) in [4.78, 5) is 6.54. The molecule has 0 radical (unpaired) electrons. The molecular formula is C14H22N4O. The first-order valence-corrected chi connectivity index (χ1v) is 6.60. The molecule has 104 valence electrons. The van der Waals surface area contributed by atoms with Crippen molar-refractivity contribution in [2.24, 2.45) is 5.73 Å². The summed E-state index contributed by atoms with van der Waals surface area (Å²) in [6, 6.07) is 3.88. The Bertz CT molecular complexity index is 463. The van der Waals surface area contributed by atoms with Crippen LogP contribution in [0.2, 0.25) is 0 Å². The molecule has 0 saturated carbocycles. The SMILES string of the molecule is COC1(C)CCCN(Cc2cccnc2C(=N)N)C1. The lowest BCUT2D eigenvalue weighted by atomic mass is 9.94. The van der Waals surface area contributed by atoms with Crippen molar-refractivity contribution >= 4 is 5.84 Å². The number of hydrogen-bond acceptors (Lipinski definition) is 4. The van der Waals surface area contributed by atoms with E-state index in [9.17, 15) is 0 Å². The van der Waals surface area contributed by atoms with Crippen LogP contribution >= 0.6 is 0 Å². The maximum absolute atomic E-state index is 7.58. The van der Waals surface area contributed by atoms with Gasteiger partial charge in [-0.25, -0.2) is 0 Å². The first-order valence-electron chi connectivity index (χ1n) is 6.60. The zero-order valence-corrected chi connectivity index (χ0v) is 11.6. The molecule has 0 aromatic carbocycles. The predicted molar refractivity (Wildman–Crippen MR) is 75.2 cm³/mol. The van der Waals surface area contributed by atoms with Crippen molar-refractivity contribution in [1.82, 2.24) is 9.88 Å². The minimum absolute atomic E-state index is 0.0297. The summed E-state index contributed by atoms with van der Waals surface area (Å²) >= 11 is 0. The number of nitrogens with zero attached hydrogens (tertiary/aromatic N) is 2. The van der Waals surface area contributed by atoms with Crippen molar-refractivity contribution in [1.29, 1.82) is 5.41 Å². The molecule has 2 rings (SSSR count). The Morgan fingerprint density at radius 3 is 3.11 bits per heavy atom. The summed E-state index contributed by atoms with van der Waals surface area (Å²) in [5.74, 6) is 0.0297. The van der Waals surface area contributed by atoms with Crippen molar-refractivity contribution in [2.75, 3.05) is 20.2 Å².